The molecule has 1 N–H and O–H groups in total. The van der Waals surface area contributed by atoms with Crippen LogP contribution in [0.5, 0.6) is 0 Å². The predicted molar refractivity (Wildman–Crippen MR) is 49.7 cm³/mol. The van der Waals surface area contributed by atoms with Crippen molar-refractivity contribution in [1.82, 2.24) is 5.48 Å². The van der Waals surface area contributed by atoms with Gasteiger partial charge >= 0.3 is 0 Å². The third kappa shape index (κ3) is 3.53. The van der Waals surface area contributed by atoms with E-state index in [1.165, 1.54) is 12.1 Å². The number of hydrogen-bond donors (Lipinski definition) is 1. The molecule has 1 aromatic carbocycles. The van der Waals surface area contributed by atoms with Gasteiger partial charge in [0.05, 0.1) is 7.11 Å². The van der Waals surface area contributed by atoms with Crippen molar-refractivity contribution >= 4 is 0 Å². The number of benzene rings is 1. The summed E-state index contributed by atoms with van der Waals surface area (Å²) in [6, 6.07) is 6.73. The molecule has 0 fully saturated rings. The summed E-state index contributed by atoms with van der Waals surface area (Å²) in [6.07, 6.45) is 0.828. The average molecular weight is 183 g/mol. The van der Waals surface area contributed by atoms with E-state index in [1.807, 2.05) is 6.92 Å². The van der Waals surface area contributed by atoms with Gasteiger partial charge in [0, 0.05) is 6.04 Å². The maximum Gasteiger partial charge on any atom is 0.123 e. The van der Waals surface area contributed by atoms with E-state index in [0.717, 1.165) is 12.0 Å². The minimum Gasteiger partial charge on any atom is -0.305 e. The largest absolute Gasteiger partial charge is 0.305 e. The molecular weight excluding hydrogens is 169 g/mol. The fraction of sp³-hybridized carbons (Fsp3) is 0.400. The number of hydrogen-bond acceptors (Lipinski definition) is 2. The van der Waals surface area contributed by atoms with Gasteiger partial charge in [0.1, 0.15) is 5.82 Å². The smallest absolute Gasteiger partial charge is 0.123 e. The van der Waals surface area contributed by atoms with Crippen molar-refractivity contribution in [2.75, 3.05) is 7.11 Å². The molecule has 0 radical (unpaired) electrons. The highest BCUT2D eigenvalue weighted by Crippen LogP contribution is 2.05. The summed E-state index contributed by atoms with van der Waals surface area (Å²) in [6.45, 7) is 2.01. The Morgan fingerprint density at radius 1 is 1.38 bits per heavy atom. The maximum atomic E-state index is 12.5. The molecule has 0 saturated carbocycles. The van der Waals surface area contributed by atoms with Crippen molar-refractivity contribution in [2.45, 2.75) is 19.4 Å². The summed E-state index contributed by atoms with van der Waals surface area (Å²) in [4.78, 5) is 4.78. The summed E-state index contributed by atoms with van der Waals surface area (Å²) >= 11 is 0. The molecule has 0 aromatic heterocycles. The molecule has 1 atom stereocenters. The Kier molecular flexibility index (Phi) is 3.86. The van der Waals surface area contributed by atoms with E-state index in [-0.39, 0.29) is 11.9 Å². The number of hydroxylamine groups is 1. The Hall–Kier alpha value is -0.930. The molecule has 0 aliphatic carbocycles. The van der Waals surface area contributed by atoms with Crippen molar-refractivity contribution in [3.63, 3.8) is 0 Å². The lowest BCUT2D eigenvalue weighted by Gasteiger charge is -2.11. The van der Waals surface area contributed by atoms with Gasteiger partial charge in [-0.25, -0.2) is 4.39 Å². The topological polar surface area (TPSA) is 21.3 Å². The van der Waals surface area contributed by atoms with E-state index < -0.39 is 0 Å². The van der Waals surface area contributed by atoms with Gasteiger partial charge in [0.15, 0.2) is 0 Å². The molecule has 0 spiro atoms. The van der Waals surface area contributed by atoms with Gasteiger partial charge in [-0.1, -0.05) is 12.1 Å². The van der Waals surface area contributed by atoms with Crippen LogP contribution in [0.4, 0.5) is 4.39 Å². The molecular formula is C10H14FNO. The fourth-order valence-electron chi connectivity index (χ4n) is 1.22. The molecule has 1 aromatic rings. The second kappa shape index (κ2) is 4.94. The summed E-state index contributed by atoms with van der Waals surface area (Å²) in [5.41, 5.74) is 3.91. The minimum absolute atomic E-state index is 0.198. The van der Waals surface area contributed by atoms with Crippen LogP contribution in [0.25, 0.3) is 0 Å². The van der Waals surface area contributed by atoms with E-state index in [1.54, 1.807) is 19.2 Å². The highest BCUT2D eigenvalue weighted by atomic mass is 19.1. The Bertz CT molecular complexity index is 248. The first-order chi connectivity index (χ1) is 6.22. The van der Waals surface area contributed by atoms with Crippen LogP contribution in [0.3, 0.4) is 0 Å². The third-order valence-corrected chi connectivity index (χ3v) is 1.77. The highest BCUT2D eigenvalue weighted by molar-refractivity contribution is 5.16. The van der Waals surface area contributed by atoms with Crippen LogP contribution < -0.4 is 5.48 Å². The maximum absolute atomic E-state index is 12.5. The molecule has 1 unspecified atom stereocenters. The van der Waals surface area contributed by atoms with E-state index in [4.69, 9.17) is 4.84 Å². The number of nitrogens with one attached hydrogen (secondary N) is 1. The summed E-state index contributed by atoms with van der Waals surface area (Å²) in [5.74, 6) is -0.198. The van der Waals surface area contributed by atoms with Gasteiger partial charge in [-0.05, 0) is 31.0 Å². The second-order valence-corrected chi connectivity index (χ2v) is 3.05. The first kappa shape index (κ1) is 10.2. The molecule has 0 amide bonds. The predicted octanol–water partition coefficient (Wildman–Crippen LogP) is 1.91. The van der Waals surface area contributed by atoms with Gasteiger partial charge < -0.3 is 4.84 Å². The lowest BCUT2D eigenvalue weighted by Crippen LogP contribution is -2.26. The lowest BCUT2D eigenvalue weighted by molar-refractivity contribution is 0.0661. The lowest BCUT2D eigenvalue weighted by atomic mass is 10.1. The number of rotatable bonds is 4. The standard InChI is InChI=1S/C10H14FNO/c1-8(12-13-2)7-9-3-5-10(11)6-4-9/h3-6,8,12H,7H2,1-2H3. The highest BCUT2D eigenvalue weighted by Gasteiger charge is 2.01. The van der Waals surface area contributed by atoms with E-state index in [0.29, 0.717) is 0 Å². The summed E-state index contributed by atoms with van der Waals surface area (Å²) in [7, 11) is 1.58. The molecule has 0 bridgehead atoms. The minimum atomic E-state index is -0.198. The zero-order valence-corrected chi connectivity index (χ0v) is 7.88. The third-order valence-electron chi connectivity index (χ3n) is 1.77. The van der Waals surface area contributed by atoms with Crippen molar-refractivity contribution in [2.24, 2.45) is 0 Å². The van der Waals surface area contributed by atoms with E-state index in [2.05, 4.69) is 5.48 Å². The van der Waals surface area contributed by atoms with Gasteiger partial charge in [-0.3, -0.25) is 0 Å². The first-order valence-electron chi connectivity index (χ1n) is 4.25. The monoisotopic (exact) mass is 183 g/mol. The van der Waals surface area contributed by atoms with Gasteiger partial charge in [-0.15, -0.1) is 0 Å². The van der Waals surface area contributed by atoms with Crippen molar-refractivity contribution < 1.29 is 9.23 Å². The zero-order chi connectivity index (χ0) is 9.68. The summed E-state index contributed by atoms with van der Waals surface area (Å²) in [5, 5.41) is 0. The Morgan fingerprint density at radius 3 is 2.54 bits per heavy atom. The van der Waals surface area contributed by atoms with Crippen LogP contribution >= 0.6 is 0 Å². The van der Waals surface area contributed by atoms with Gasteiger partial charge in [0.25, 0.3) is 0 Å². The number of halogens is 1. The molecule has 0 heterocycles. The molecule has 72 valence electrons. The molecule has 0 saturated heterocycles. The van der Waals surface area contributed by atoms with Crippen molar-refractivity contribution in [3.8, 4) is 0 Å². The fourth-order valence-corrected chi connectivity index (χ4v) is 1.22. The van der Waals surface area contributed by atoms with Crippen molar-refractivity contribution in [3.05, 3.63) is 35.6 Å². The SMILES string of the molecule is CONC(C)Cc1ccc(F)cc1. The zero-order valence-electron chi connectivity index (χ0n) is 7.88. The van der Waals surface area contributed by atoms with Gasteiger partial charge in [-0.2, -0.15) is 5.48 Å². The molecule has 0 aliphatic rings. The molecule has 3 heteroatoms. The van der Waals surface area contributed by atoms with Gasteiger partial charge in [0.2, 0.25) is 0 Å². The Labute approximate surface area is 77.7 Å². The van der Waals surface area contributed by atoms with Crippen LogP contribution in [-0.2, 0) is 11.3 Å². The average Bonchev–Trinajstić information content (AvgIpc) is 2.09. The quantitative estimate of drug-likeness (QED) is 0.720. The second-order valence-electron chi connectivity index (χ2n) is 3.05. The molecule has 2 nitrogen and oxygen atoms in total. The van der Waals surface area contributed by atoms with Crippen LogP contribution in [0.1, 0.15) is 12.5 Å². The van der Waals surface area contributed by atoms with Crippen LogP contribution in [-0.4, -0.2) is 13.2 Å². The van der Waals surface area contributed by atoms with Crippen molar-refractivity contribution in [1.29, 1.82) is 0 Å². The Morgan fingerprint density at radius 2 is 2.00 bits per heavy atom. The molecule has 13 heavy (non-hydrogen) atoms. The molecule has 0 aliphatic heterocycles. The van der Waals surface area contributed by atoms with E-state index in [9.17, 15) is 4.39 Å². The van der Waals surface area contributed by atoms with Crippen LogP contribution in [0.2, 0.25) is 0 Å². The van der Waals surface area contributed by atoms with Crippen LogP contribution in [0, 0.1) is 5.82 Å². The normalized spacial score (nSPS) is 12.8. The van der Waals surface area contributed by atoms with Crippen LogP contribution in [0.15, 0.2) is 24.3 Å². The molecule has 1 rings (SSSR count). The van der Waals surface area contributed by atoms with E-state index >= 15 is 0 Å². The Balaban J connectivity index is 2.49. The summed E-state index contributed by atoms with van der Waals surface area (Å²) < 4.78 is 12.5. The first-order valence-corrected chi connectivity index (χ1v) is 4.25.